The molecule has 1 aliphatic heterocycles. The Balaban J connectivity index is 0.00000242. The molecule has 1 aromatic carbocycles. The number of anilines is 1. The second-order valence-electron chi connectivity index (χ2n) is 5.30. The zero-order valence-corrected chi connectivity index (χ0v) is 14.2. The summed E-state index contributed by atoms with van der Waals surface area (Å²) in [4.78, 5) is 25.4. The SMILES string of the molecule is Cc1ccc(NC(=O)CSCC(=O)N2CC[C@@H](N)C2)cc1.Cl. The first-order valence-corrected chi connectivity index (χ1v) is 8.17. The minimum absolute atomic E-state index is 0. The summed E-state index contributed by atoms with van der Waals surface area (Å²) < 4.78 is 0. The van der Waals surface area contributed by atoms with Gasteiger partial charge >= 0.3 is 0 Å². The standard InChI is InChI=1S/C15H21N3O2S.ClH/c1-11-2-4-13(5-3-11)17-14(19)9-21-10-15(20)18-7-6-12(16)8-18;/h2-5,12H,6-10,16H2,1H3,(H,17,19);1H/t12-;/m1./s1. The summed E-state index contributed by atoms with van der Waals surface area (Å²) in [6.45, 7) is 3.36. The molecule has 0 aromatic heterocycles. The molecule has 0 saturated carbocycles. The van der Waals surface area contributed by atoms with Gasteiger partial charge in [0, 0.05) is 24.8 Å². The Morgan fingerprint density at radius 2 is 2.00 bits per heavy atom. The molecule has 0 spiro atoms. The third-order valence-corrected chi connectivity index (χ3v) is 4.29. The van der Waals surface area contributed by atoms with Gasteiger partial charge in [-0.05, 0) is 25.5 Å². The number of aryl methyl sites for hydroxylation is 1. The highest BCUT2D eigenvalue weighted by Gasteiger charge is 2.23. The molecule has 1 aromatic rings. The van der Waals surface area contributed by atoms with Gasteiger partial charge in [0.2, 0.25) is 11.8 Å². The van der Waals surface area contributed by atoms with E-state index in [9.17, 15) is 9.59 Å². The van der Waals surface area contributed by atoms with Crippen molar-refractivity contribution in [3.63, 3.8) is 0 Å². The fraction of sp³-hybridized carbons (Fsp3) is 0.467. The van der Waals surface area contributed by atoms with Crippen LogP contribution in [-0.2, 0) is 9.59 Å². The van der Waals surface area contributed by atoms with E-state index in [1.54, 1.807) is 4.90 Å². The van der Waals surface area contributed by atoms with Crippen molar-refractivity contribution in [3.05, 3.63) is 29.8 Å². The van der Waals surface area contributed by atoms with Crippen LogP contribution in [0.3, 0.4) is 0 Å². The number of nitrogens with one attached hydrogen (secondary N) is 1. The Bertz CT molecular complexity index is 510. The predicted octanol–water partition coefficient (Wildman–Crippen LogP) is 1.65. The van der Waals surface area contributed by atoms with Gasteiger partial charge in [-0.3, -0.25) is 9.59 Å². The molecule has 2 amide bonds. The Morgan fingerprint density at radius 1 is 1.32 bits per heavy atom. The van der Waals surface area contributed by atoms with Crippen molar-refractivity contribution in [1.82, 2.24) is 4.90 Å². The summed E-state index contributed by atoms with van der Waals surface area (Å²) in [5.74, 6) is 0.582. The third kappa shape index (κ3) is 5.87. The summed E-state index contributed by atoms with van der Waals surface area (Å²) in [5.41, 5.74) is 7.70. The van der Waals surface area contributed by atoms with Crippen LogP contribution in [0.5, 0.6) is 0 Å². The van der Waals surface area contributed by atoms with Crippen molar-refractivity contribution in [1.29, 1.82) is 0 Å². The van der Waals surface area contributed by atoms with E-state index >= 15 is 0 Å². The maximum absolute atomic E-state index is 11.9. The van der Waals surface area contributed by atoms with Gasteiger partial charge in [0.1, 0.15) is 0 Å². The summed E-state index contributed by atoms with van der Waals surface area (Å²) in [5, 5.41) is 2.81. The van der Waals surface area contributed by atoms with E-state index in [4.69, 9.17) is 5.73 Å². The Morgan fingerprint density at radius 3 is 2.59 bits per heavy atom. The molecule has 0 unspecified atom stereocenters. The van der Waals surface area contributed by atoms with Gasteiger partial charge in [-0.15, -0.1) is 24.2 Å². The second-order valence-corrected chi connectivity index (χ2v) is 6.28. The molecule has 1 atom stereocenters. The molecule has 0 bridgehead atoms. The van der Waals surface area contributed by atoms with Gasteiger partial charge in [-0.1, -0.05) is 17.7 Å². The molecule has 5 nitrogen and oxygen atoms in total. The van der Waals surface area contributed by atoms with Gasteiger partial charge in [0.05, 0.1) is 11.5 Å². The largest absolute Gasteiger partial charge is 0.340 e. The minimum Gasteiger partial charge on any atom is -0.340 e. The topological polar surface area (TPSA) is 75.4 Å². The second kappa shape index (κ2) is 9.02. The van der Waals surface area contributed by atoms with E-state index in [-0.39, 0.29) is 36.0 Å². The van der Waals surface area contributed by atoms with Crippen molar-refractivity contribution < 1.29 is 9.59 Å². The first-order chi connectivity index (χ1) is 10.0. The molecule has 1 aliphatic rings. The Hall–Kier alpha value is -1.24. The summed E-state index contributed by atoms with van der Waals surface area (Å²) in [6, 6.07) is 7.73. The van der Waals surface area contributed by atoms with E-state index < -0.39 is 0 Å². The first-order valence-electron chi connectivity index (χ1n) is 7.02. The van der Waals surface area contributed by atoms with Crippen molar-refractivity contribution in [2.75, 3.05) is 29.9 Å². The van der Waals surface area contributed by atoms with E-state index in [1.165, 1.54) is 11.8 Å². The van der Waals surface area contributed by atoms with Crippen LogP contribution in [0, 0.1) is 6.92 Å². The first kappa shape index (κ1) is 18.8. The molecule has 1 fully saturated rings. The molecule has 22 heavy (non-hydrogen) atoms. The van der Waals surface area contributed by atoms with Crippen LogP contribution in [0.4, 0.5) is 5.69 Å². The monoisotopic (exact) mass is 343 g/mol. The number of nitrogens with zero attached hydrogens (tertiary/aromatic N) is 1. The average molecular weight is 344 g/mol. The van der Waals surface area contributed by atoms with Crippen molar-refractivity contribution in [3.8, 4) is 0 Å². The minimum atomic E-state index is -0.0882. The lowest BCUT2D eigenvalue weighted by molar-refractivity contribution is -0.127. The van der Waals surface area contributed by atoms with Gasteiger partial charge in [0.25, 0.3) is 0 Å². The number of carbonyl (C=O) groups excluding carboxylic acids is 2. The van der Waals surface area contributed by atoms with Crippen LogP contribution in [0.15, 0.2) is 24.3 Å². The lowest BCUT2D eigenvalue weighted by Crippen LogP contribution is -2.33. The third-order valence-electron chi connectivity index (χ3n) is 3.37. The summed E-state index contributed by atoms with van der Waals surface area (Å²) in [7, 11) is 0. The highest BCUT2D eigenvalue weighted by atomic mass is 35.5. The highest BCUT2D eigenvalue weighted by molar-refractivity contribution is 8.00. The smallest absolute Gasteiger partial charge is 0.234 e. The van der Waals surface area contributed by atoms with Crippen molar-refractivity contribution in [2.24, 2.45) is 5.73 Å². The number of hydrogen-bond acceptors (Lipinski definition) is 4. The molecule has 0 radical (unpaired) electrons. The fourth-order valence-corrected chi connectivity index (χ4v) is 2.89. The molecule has 2 rings (SSSR count). The van der Waals surface area contributed by atoms with E-state index in [0.717, 1.165) is 24.2 Å². The molecule has 122 valence electrons. The molecular formula is C15H22ClN3O2S. The van der Waals surface area contributed by atoms with Crippen LogP contribution >= 0.6 is 24.2 Å². The zero-order chi connectivity index (χ0) is 15.2. The number of thioether (sulfide) groups is 1. The van der Waals surface area contributed by atoms with Crippen LogP contribution in [0.25, 0.3) is 0 Å². The fourth-order valence-electron chi connectivity index (χ4n) is 2.17. The lowest BCUT2D eigenvalue weighted by atomic mass is 10.2. The van der Waals surface area contributed by atoms with Crippen LogP contribution < -0.4 is 11.1 Å². The number of nitrogens with two attached hydrogens (primary N) is 1. The number of halogens is 1. The number of hydrogen-bond donors (Lipinski definition) is 2. The van der Waals surface area contributed by atoms with E-state index in [1.807, 2.05) is 31.2 Å². The molecule has 1 saturated heterocycles. The highest BCUT2D eigenvalue weighted by Crippen LogP contribution is 2.12. The normalized spacial score (nSPS) is 17.0. The van der Waals surface area contributed by atoms with Crippen LogP contribution in [-0.4, -0.2) is 47.4 Å². The van der Waals surface area contributed by atoms with Gasteiger partial charge in [-0.2, -0.15) is 0 Å². The van der Waals surface area contributed by atoms with E-state index in [0.29, 0.717) is 12.3 Å². The van der Waals surface area contributed by atoms with Gasteiger partial charge in [-0.25, -0.2) is 0 Å². The molecular weight excluding hydrogens is 322 g/mol. The quantitative estimate of drug-likeness (QED) is 0.852. The van der Waals surface area contributed by atoms with Gasteiger partial charge in [0.15, 0.2) is 0 Å². The maximum Gasteiger partial charge on any atom is 0.234 e. The lowest BCUT2D eigenvalue weighted by Gasteiger charge is -2.15. The van der Waals surface area contributed by atoms with Crippen LogP contribution in [0.1, 0.15) is 12.0 Å². The van der Waals surface area contributed by atoms with E-state index in [2.05, 4.69) is 5.32 Å². The molecule has 1 heterocycles. The average Bonchev–Trinajstić information content (AvgIpc) is 2.88. The number of likely N-dealkylation sites (tertiary alicyclic amines) is 1. The number of amides is 2. The molecule has 0 aliphatic carbocycles. The van der Waals surface area contributed by atoms with Crippen LogP contribution in [0.2, 0.25) is 0 Å². The summed E-state index contributed by atoms with van der Waals surface area (Å²) >= 11 is 1.34. The maximum atomic E-state index is 11.9. The summed E-state index contributed by atoms with van der Waals surface area (Å²) in [6.07, 6.45) is 0.865. The number of carbonyl (C=O) groups is 2. The predicted molar refractivity (Wildman–Crippen MR) is 93.6 cm³/mol. The van der Waals surface area contributed by atoms with Crippen molar-refractivity contribution >= 4 is 41.7 Å². The number of benzene rings is 1. The Kier molecular flexibility index (Phi) is 7.72. The number of rotatable bonds is 5. The molecule has 3 N–H and O–H groups in total. The van der Waals surface area contributed by atoms with Crippen molar-refractivity contribution in [2.45, 2.75) is 19.4 Å². The zero-order valence-electron chi connectivity index (χ0n) is 12.6. The van der Waals surface area contributed by atoms with Gasteiger partial charge < -0.3 is 16.0 Å². The molecule has 7 heteroatoms. The Labute approximate surface area is 141 Å².